The van der Waals surface area contributed by atoms with Crippen molar-refractivity contribution in [2.45, 2.75) is 20.3 Å². The summed E-state index contributed by atoms with van der Waals surface area (Å²) in [4.78, 5) is 39.2. The highest BCUT2D eigenvalue weighted by atomic mass is 16.6. The number of piperazine rings is 1. The van der Waals surface area contributed by atoms with Gasteiger partial charge in [0.15, 0.2) is 0 Å². The zero-order valence-electron chi connectivity index (χ0n) is 14.8. The van der Waals surface area contributed by atoms with Gasteiger partial charge in [0.05, 0.1) is 6.61 Å². The van der Waals surface area contributed by atoms with Gasteiger partial charge in [0.25, 0.3) is 5.91 Å². The number of aryl methyl sites for hydroxylation is 1. The van der Waals surface area contributed by atoms with Gasteiger partial charge in [-0.2, -0.15) is 0 Å². The van der Waals surface area contributed by atoms with Crippen LogP contribution in [0, 0.1) is 6.92 Å². The molecule has 0 aromatic heterocycles. The molecule has 1 aromatic carbocycles. The molecule has 7 heteroatoms. The molecule has 3 amide bonds. The third kappa shape index (κ3) is 5.48. The molecule has 7 nitrogen and oxygen atoms in total. The zero-order chi connectivity index (χ0) is 18.2. The van der Waals surface area contributed by atoms with Crippen molar-refractivity contribution in [3.05, 3.63) is 35.4 Å². The Bertz CT molecular complexity index is 607. The van der Waals surface area contributed by atoms with E-state index >= 15 is 0 Å². The maximum atomic E-state index is 12.2. The number of hydrogen-bond acceptors (Lipinski definition) is 4. The number of carbonyl (C=O) groups is 3. The van der Waals surface area contributed by atoms with Crippen LogP contribution in [0.25, 0.3) is 0 Å². The molecule has 136 valence electrons. The largest absolute Gasteiger partial charge is 0.450 e. The van der Waals surface area contributed by atoms with Crippen LogP contribution in [0.1, 0.15) is 29.3 Å². The SMILES string of the molecule is CCOC(=O)N1CCN(C(=O)CCNC(=O)c2ccc(C)cc2)CC1. The Labute approximate surface area is 147 Å². The Kier molecular flexibility index (Phi) is 6.80. The third-order valence-corrected chi connectivity index (χ3v) is 4.10. The van der Waals surface area contributed by atoms with Gasteiger partial charge < -0.3 is 19.9 Å². The van der Waals surface area contributed by atoms with Crippen LogP contribution in [0.2, 0.25) is 0 Å². The molecule has 1 N–H and O–H groups in total. The van der Waals surface area contributed by atoms with E-state index in [9.17, 15) is 14.4 Å². The fourth-order valence-electron chi connectivity index (χ4n) is 2.60. The molecule has 0 spiro atoms. The molecule has 0 saturated carbocycles. The Morgan fingerprint density at radius 2 is 1.64 bits per heavy atom. The maximum Gasteiger partial charge on any atom is 0.409 e. The molecule has 0 bridgehead atoms. The van der Waals surface area contributed by atoms with Crippen molar-refractivity contribution in [3.63, 3.8) is 0 Å². The Morgan fingerprint density at radius 1 is 1.04 bits per heavy atom. The molecule has 1 saturated heterocycles. The summed E-state index contributed by atoms with van der Waals surface area (Å²) in [5.74, 6) is -0.201. The minimum atomic E-state index is -0.333. The van der Waals surface area contributed by atoms with Crippen molar-refractivity contribution >= 4 is 17.9 Å². The molecule has 0 radical (unpaired) electrons. The van der Waals surface area contributed by atoms with E-state index < -0.39 is 0 Å². The number of ether oxygens (including phenoxy) is 1. The summed E-state index contributed by atoms with van der Waals surface area (Å²) in [7, 11) is 0. The summed E-state index contributed by atoms with van der Waals surface area (Å²) in [6.45, 7) is 6.29. The first kappa shape index (κ1) is 18.8. The molecule has 2 rings (SSSR count). The Balaban J connectivity index is 1.70. The van der Waals surface area contributed by atoms with E-state index in [4.69, 9.17) is 4.74 Å². The number of rotatable bonds is 5. The van der Waals surface area contributed by atoms with Crippen molar-refractivity contribution in [3.8, 4) is 0 Å². The van der Waals surface area contributed by atoms with E-state index in [-0.39, 0.29) is 24.3 Å². The summed E-state index contributed by atoms with van der Waals surface area (Å²) >= 11 is 0. The van der Waals surface area contributed by atoms with Crippen LogP contribution < -0.4 is 5.32 Å². The lowest BCUT2D eigenvalue weighted by Crippen LogP contribution is -2.51. The maximum absolute atomic E-state index is 12.2. The smallest absolute Gasteiger partial charge is 0.409 e. The molecule has 0 unspecified atom stereocenters. The molecule has 1 aliphatic rings. The first-order valence-electron chi connectivity index (χ1n) is 8.55. The average molecular weight is 347 g/mol. The molecule has 1 aliphatic heterocycles. The van der Waals surface area contributed by atoms with Gasteiger partial charge >= 0.3 is 6.09 Å². The highest BCUT2D eigenvalue weighted by Gasteiger charge is 2.24. The van der Waals surface area contributed by atoms with Crippen LogP contribution >= 0.6 is 0 Å². The van der Waals surface area contributed by atoms with Crippen LogP contribution in [-0.4, -0.2) is 67.0 Å². The highest BCUT2D eigenvalue weighted by molar-refractivity contribution is 5.94. The number of amides is 3. The van der Waals surface area contributed by atoms with Gasteiger partial charge in [-0.05, 0) is 26.0 Å². The van der Waals surface area contributed by atoms with Gasteiger partial charge in [0.1, 0.15) is 0 Å². The number of nitrogens with one attached hydrogen (secondary N) is 1. The fraction of sp³-hybridized carbons (Fsp3) is 0.500. The van der Waals surface area contributed by atoms with Gasteiger partial charge in [-0.3, -0.25) is 9.59 Å². The first-order valence-corrected chi connectivity index (χ1v) is 8.55. The molecular weight excluding hydrogens is 322 g/mol. The van der Waals surface area contributed by atoms with Crippen molar-refractivity contribution < 1.29 is 19.1 Å². The summed E-state index contributed by atoms with van der Waals surface area (Å²) in [5, 5.41) is 2.76. The number of nitrogens with zero attached hydrogens (tertiary/aromatic N) is 2. The second-order valence-electron chi connectivity index (χ2n) is 5.94. The van der Waals surface area contributed by atoms with Gasteiger partial charge in [-0.15, -0.1) is 0 Å². The molecule has 25 heavy (non-hydrogen) atoms. The van der Waals surface area contributed by atoms with Crippen LogP contribution in [0.5, 0.6) is 0 Å². The lowest BCUT2D eigenvalue weighted by Gasteiger charge is -2.34. The average Bonchev–Trinajstić information content (AvgIpc) is 2.62. The lowest BCUT2D eigenvalue weighted by atomic mass is 10.1. The number of benzene rings is 1. The number of carbonyl (C=O) groups excluding carboxylic acids is 3. The van der Waals surface area contributed by atoms with Crippen LogP contribution in [0.3, 0.4) is 0 Å². The van der Waals surface area contributed by atoms with E-state index in [1.165, 1.54) is 0 Å². The van der Waals surface area contributed by atoms with Gasteiger partial charge in [0.2, 0.25) is 5.91 Å². The minimum absolute atomic E-state index is 0.0206. The molecule has 0 atom stereocenters. The van der Waals surface area contributed by atoms with Gasteiger partial charge in [-0.1, -0.05) is 17.7 Å². The summed E-state index contributed by atoms with van der Waals surface area (Å²) < 4.78 is 4.95. The predicted molar refractivity (Wildman–Crippen MR) is 93.3 cm³/mol. The summed E-state index contributed by atoms with van der Waals surface area (Å²) in [6, 6.07) is 7.29. The van der Waals surface area contributed by atoms with Gasteiger partial charge in [-0.25, -0.2) is 4.79 Å². The molecule has 0 aliphatic carbocycles. The first-order chi connectivity index (χ1) is 12.0. The van der Waals surface area contributed by atoms with E-state index in [0.717, 1.165) is 5.56 Å². The summed E-state index contributed by atoms with van der Waals surface area (Å²) in [6.07, 6.45) is -0.0863. The predicted octanol–water partition coefficient (Wildman–Crippen LogP) is 1.42. The lowest BCUT2D eigenvalue weighted by molar-refractivity contribution is -0.132. The van der Waals surface area contributed by atoms with Crippen LogP contribution in [0.15, 0.2) is 24.3 Å². The fourth-order valence-corrected chi connectivity index (χ4v) is 2.60. The van der Waals surface area contributed by atoms with Crippen molar-refractivity contribution in [2.75, 3.05) is 39.3 Å². The van der Waals surface area contributed by atoms with Crippen molar-refractivity contribution in [1.82, 2.24) is 15.1 Å². The topological polar surface area (TPSA) is 79.0 Å². The zero-order valence-corrected chi connectivity index (χ0v) is 14.8. The normalized spacial score (nSPS) is 14.2. The standard InChI is InChI=1S/C18H25N3O4/c1-3-25-18(24)21-12-10-20(11-13-21)16(22)8-9-19-17(23)15-6-4-14(2)5-7-15/h4-7H,3,8-13H2,1-2H3,(H,19,23). The molecule has 1 heterocycles. The quantitative estimate of drug-likeness (QED) is 0.874. The number of hydrogen-bond donors (Lipinski definition) is 1. The highest BCUT2D eigenvalue weighted by Crippen LogP contribution is 2.06. The monoisotopic (exact) mass is 347 g/mol. The molecule has 1 fully saturated rings. The second-order valence-corrected chi connectivity index (χ2v) is 5.94. The van der Waals surface area contributed by atoms with Gasteiger partial charge in [0, 0.05) is 44.7 Å². The summed E-state index contributed by atoms with van der Waals surface area (Å²) in [5.41, 5.74) is 1.68. The van der Waals surface area contributed by atoms with Crippen LogP contribution in [-0.2, 0) is 9.53 Å². The Hall–Kier alpha value is -2.57. The minimum Gasteiger partial charge on any atom is -0.450 e. The third-order valence-electron chi connectivity index (χ3n) is 4.10. The Morgan fingerprint density at radius 3 is 2.24 bits per heavy atom. The van der Waals surface area contributed by atoms with Crippen molar-refractivity contribution in [2.24, 2.45) is 0 Å². The molecular formula is C18H25N3O4. The van der Waals surface area contributed by atoms with E-state index in [0.29, 0.717) is 44.9 Å². The second kappa shape index (κ2) is 9.05. The van der Waals surface area contributed by atoms with E-state index in [2.05, 4.69) is 5.32 Å². The molecule has 1 aromatic rings. The van der Waals surface area contributed by atoms with E-state index in [1.54, 1.807) is 28.9 Å². The van der Waals surface area contributed by atoms with E-state index in [1.807, 2.05) is 19.1 Å². The van der Waals surface area contributed by atoms with Crippen LogP contribution in [0.4, 0.5) is 4.79 Å². The van der Waals surface area contributed by atoms with Crippen molar-refractivity contribution in [1.29, 1.82) is 0 Å².